The summed E-state index contributed by atoms with van der Waals surface area (Å²) in [6, 6.07) is 6.73. The number of carbonyl (C=O) groups excluding carboxylic acids is 1. The summed E-state index contributed by atoms with van der Waals surface area (Å²) in [7, 11) is 1.85. The lowest BCUT2D eigenvalue weighted by molar-refractivity contribution is -0.131. The molecule has 0 radical (unpaired) electrons. The number of likely N-dealkylation sites (tertiary alicyclic amines) is 1. The molecule has 162 valence electrons. The van der Waals surface area contributed by atoms with Crippen molar-refractivity contribution in [3.05, 3.63) is 34.9 Å². The largest absolute Gasteiger partial charge is 0.356 e. The van der Waals surface area contributed by atoms with Crippen molar-refractivity contribution in [2.75, 3.05) is 59.4 Å². The molecule has 1 aromatic rings. The van der Waals surface area contributed by atoms with Gasteiger partial charge in [0.15, 0.2) is 5.96 Å². The number of halogens is 1. The number of aryl methyl sites for hydroxylation is 2. The van der Waals surface area contributed by atoms with E-state index >= 15 is 0 Å². The Balaban J connectivity index is 0.00000300. The quantitative estimate of drug-likeness (QED) is 0.373. The molecule has 0 unspecified atom stereocenters. The number of amides is 1. The van der Waals surface area contributed by atoms with Crippen molar-refractivity contribution in [3.63, 3.8) is 0 Å². The van der Waals surface area contributed by atoms with E-state index in [1.54, 1.807) is 0 Å². The maximum atomic E-state index is 12.3. The molecule has 0 aliphatic carbocycles. The van der Waals surface area contributed by atoms with Crippen LogP contribution in [0.1, 0.15) is 29.5 Å². The van der Waals surface area contributed by atoms with Gasteiger partial charge in [0.05, 0.1) is 6.54 Å². The first kappa shape index (κ1) is 23.9. The molecule has 2 heterocycles. The molecule has 0 aromatic heterocycles. The summed E-state index contributed by atoms with van der Waals surface area (Å²) in [5, 5.41) is 3.51. The van der Waals surface area contributed by atoms with E-state index in [2.05, 4.69) is 52.2 Å². The van der Waals surface area contributed by atoms with Crippen LogP contribution < -0.4 is 5.32 Å². The second-order valence-electron chi connectivity index (χ2n) is 8.07. The lowest BCUT2D eigenvalue weighted by Crippen LogP contribution is -2.54. The average molecular weight is 513 g/mol. The molecule has 3 rings (SSSR count). The van der Waals surface area contributed by atoms with Crippen LogP contribution in [0.15, 0.2) is 23.2 Å². The zero-order valence-electron chi connectivity index (χ0n) is 18.1. The predicted octanol–water partition coefficient (Wildman–Crippen LogP) is 2.28. The van der Waals surface area contributed by atoms with Crippen LogP contribution >= 0.6 is 24.0 Å². The Morgan fingerprint density at radius 2 is 1.59 bits per heavy atom. The number of nitrogens with zero attached hydrogens (tertiary/aromatic N) is 4. The number of carbonyl (C=O) groups is 1. The number of guanidine groups is 1. The highest BCUT2D eigenvalue weighted by Gasteiger charge is 2.24. The number of rotatable bonds is 5. The van der Waals surface area contributed by atoms with E-state index in [0.29, 0.717) is 12.5 Å². The van der Waals surface area contributed by atoms with E-state index in [1.165, 1.54) is 16.7 Å². The van der Waals surface area contributed by atoms with E-state index in [0.717, 1.165) is 71.0 Å². The summed E-state index contributed by atoms with van der Waals surface area (Å²) in [4.78, 5) is 23.4. The van der Waals surface area contributed by atoms with Crippen LogP contribution in [-0.2, 0) is 11.2 Å². The van der Waals surface area contributed by atoms with Gasteiger partial charge in [0.2, 0.25) is 5.91 Å². The Morgan fingerprint density at radius 3 is 2.17 bits per heavy atom. The van der Waals surface area contributed by atoms with Gasteiger partial charge in [-0.3, -0.25) is 14.7 Å². The molecule has 29 heavy (non-hydrogen) atoms. The first-order valence-electron chi connectivity index (χ1n) is 10.6. The van der Waals surface area contributed by atoms with Gasteiger partial charge < -0.3 is 15.1 Å². The van der Waals surface area contributed by atoms with Crippen molar-refractivity contribution in [2.24, 2.45) is 4.99 Å². The molecule has 2 saturated heterocycles. The van der Waals surface area contributed by atoms with Gasteiger partial charge >= 0.3 is 0 Å². The minimum absolute atomic E-state index is 0. The summed E-state index contributed by atoms with van der Waals surface area (Å²) in [5.41, 5.74) is 4.00. The maximum absolute atomic E-state index is 12.3. The number of nitrogens with one attached hydrogen (secondary N) is 1. The maximum Gasteiger partial charge on any atom is 0.236 e. The zero-order chi connectivity index (χ0) is 19.9. The average Bonchev–Trinajstić information content (AvgIpc) is 3.20. The van der Waals surface area contributed by atoms with Gasteiger partial charge in [-0.15, -0.1) is 24.0 Å². The van der Waals surface area contributed by atoms with E-state index in [4.69, 9.17) is 0 Å². The van der Waals surface area contributed by atoms with Crippen molar-refractivity contribution < 1.29 is 4.79 Å². The van der Waals surface area contributed by atoms with Crippen LogP contribution in [0.2, 0.25) is 0 Å². The minimum atomic E-state index is 0. The van der Waals surface area contributed by atoms with Gasteiger partial charge in [-0.1, -0.05) is 29.3 Å². The fourth-order valence-electron chi connectivity index (χ4n) is 4.24. The number of hydrogen-bond donors (Lipinski definition) is 1. The third kappa shape index (κ3) is 7.13. The molecule has 2 aliphatic rings. The zero-order valence-corrected chi connectivity index (χ0v) is 20.4. The molecule has 1 aromatic carbocycles. The van der Waals surface area contributed by atoms with Gasteiger partial charge in [0, 0.05) is 52.9 Å². The second-order valence-corrected chi connectivity index (χ2v) is 8.07. The number of benzene rings is 1. The number of aliphatic imine (C=N–C) groups is 1. The van der Waals surface area contributed by atoms with Crippen molar-refractivity contribution in [3.8, 4) is 0 Å². The highest BCUT2D eigenvalue weighted by atomic mass is 127. The van der Waals surface area contributed by atoms with Gasteiger partial charge in [-0.25, -0.2) is 0 Å². The minimum Gasteiger partial charge on any atom is -0.356 e. The Morgan fingerprint density at radius 1 is 0.966 bits per heavy atom. The van der Waals surface area contributed by atoms with Gasteiger partial charge in [-0.05, 0) is 38.7 Å². The van der Waals surface area contributed by atoms with Crippen LogP contribution in [0, 0.1) is 13.8 Å². The second kappa shape index (κ2) is 11.7. The Hall–Kier alpha value is -1.35. The highest BCUT2D eigenvalue weighted by molar-refractivity contribution is 14.0. The van der Waals surface area contributed by atoms with Crippen molar-refractivity contribution in [2.45, 2.75) is 33.1 Å². The normalized spacial score (nSPS) is 18.0. The number of hydrogen-bond acceptors (Lipinski definition) is 3. The molecule has 0 atom stereocenters. The van der Waals surface area contributed by atoms with Crippen LogP contribution in [-0.4, -0.2) is 86.0 Å². The third-order valence-corrected chi connectivity index (χ3v) is 5.68. The summed E-state index contributed by atoms with van der Waals surface area (Å²) < 4.78 is 0. The monoisotopic (exact) mass is 513 g/mol. The highest BCUT2D eigenvalue weighted by Crippen LogP contribution is 2.10. The molecule has 7 heteroatoms. The molecule has 2 aliphatic heterocycles. The van der Waals surface area contributed by atoms with E-state index < -0.39 is 0 Å². The van der Waals surface area contributed by atoms with Crippen LogP contribution in [0.4, 0.5) is 0 Å². The summed E-state index contributed by atoms with van der Waals surface area (Å²) in [6.07, 6.45) is 3.30. The topological polar surface area (TPSA) is 51.2 Å². The Labute approximate surface area is 192 Å². The smallest absolute Gasteiger partial charge is 0.236 e. The standard InChI is InChI=1S/C22H35N5O.HI/c1-18-14-19(2)16-20(15-18)6-7-24-22(23-3)27-12-10-25(11-13-27)17-21(28)26-8-4-5-9-26;/h14-16H,4-13,17H2,1-3H3,(H,23,24);1H. The van der Waals surface area contributed by atoms with E-state index in [9.17, 15) is 4.79 Å². The molecule has 1 amide bonds. The lowest BCUT2D eigenvalue weighted by atomic mass is 10.1. The van der Waals surface area contributed by atoms with Gasteiger partial charge in [0.1, 0.15) is 0 Å². The summed E-state index contributed by atoms with van der Waals surface area (Å²) >= 11 is 0. The molecule has 1 N–H and O–H groups in total. The summed E-state index contributed by atoms with van der Waals surface area (Å²) in [6.45, 7) is 11.3. The summed E-state index contributed by atoms with van der Waals surface area (Å²) in [5.74, 6) is 1.26. The van der Waals surface area contributed by atoms with Gasteiger partial charge in [0.25, 0.3) is 0 Å². The van der Waals surface area contributed by atoms with E-state index in [1.807, 2.05) is 11.9 Å². The van der Waals surface area contributed by atoms with Crippen LogP contribution in [0.5, 0.6) is 0 Å². The molecule has 0 saturated carbocycles. The molecular weight excluding hydrogens is 477 g/mol. The van der Waals surface area contributed by atoms with Crippen LogP contribution in [0.3, 0.4) is 0 Å². The Kier molecular flexibility index (Phi) is 9.68. The van der Waals surface area contributed by atoms with Crippen molar-refractivity contribution >= 4 is 35.8 Å². The van der Waals surface area contributed by atoms with Crippen LogP contribution in [0.25, 0.3) is 0 Å². The molecule has 6 nitrogen and oxygen atoms in total. The SMILES string of the molecule is CN=C(NCCc1cc(C)cc(C)c1)N1CCN(CC(=O)N2CCCC2)CC1.I. The van der Waals surface area contributed by atoms with Gasteiger partial charge in [-0.2, -0.15) is 0 Å². The number of piperazine rings is 1. The first-order chi connectivity index (χ1) is 13.5. The Bertz CT molecular complexity index is 674. The van der Waals surface area contributed by atoms with Crippen molar-refractivity contribution in [1.29, 1.82) is 0 Å². The van der Waals surface area contributed by atoms with E-state index in [-0.39, 0.29) is 24.0 Å². The molecule has 0 bridgehead atoms. The first-order valence-corrected chi connectivity index (χ1v) is 10.6. The fraction of sp³-hybridized carbons (Fsp3) is 0.636. The van der Waals surface area contributed by atoms with Crippen molar-refractivity contribution in [1.82, 2.24) is 20.0 Å². The molecular formula is C22H36IN5O. The third-order valence-electron chi connectivity index (χ3n) is 5.68. The molecule has 0 spiro atoms. The predicted molar refractivity (Wildman–Crippen MR) is 130 cm³/mol. The fourth-order valence-corrected chi connectivity index (χ4v) is 4.24. The lowest BCUT2D eigenvalue weighted by Gasteiger charge is -2.36. The molecule has 2 fully saturated rings.